The van der Waals surface area contributed by atoms with Crippen molar-refractivity contribution in [1.82, 2.24) is 0 Å². The number of benzene rings is 1. The minimum Gasteiger partial charge on any atom is -0.493 e. The SMILES string of the molecule is CCCOc1ccc[c]c1CC. The van der Waals surface area contributed by atoms with E-state index in [1.165, 1.54) is 5.56 Å². The van der Waals surface area contributed by atoms with E-state index in [0.29, 0.717) is 0 Å². The van der Waals surface area contributed by atoms with Crippen molar-refractivity contribution in [1.29, 1.82) is 0 Å². The molecule has 0 fully saturated rings. The van der Waals surface area contributed by atoms with Gasteiger partial charge in [-0.05, 0) is 25.0 Å². The van der Waals surface area contributed by atoms with Crippen molar-refractivity contribution in [3.63, 3.8) is 0 Å². The smallest absolute Gasteiger partial charge is 0.123 e. The number of hydrogen-bond donors (Lipinski definition) is 0. The molecule has 65 valence electrons. The van der Waals surface area contributed by atoms with E-state index >= 15 is 0 Å². The predicted octanol–water partition coefficient (Wildman–Crippen LogP) is 2.84. The summed E-state index contributed by atoms with van der Waals surface area (Å²) in [5.41, 5.74) is 1.17. The van der Waals surface area contributed by atoms with Gasteiger partial charge in [0.1, 0.15) is 5.75 Å². The molecule has 1 radical (unpaired) electrons. The first kappa shape index (κ1) is 9.11. The van der Waals surface area contributed by atoms with E-state index in [1.54, 1.807) is 0 Å². The maximum absolute atomic E-state index is 5.55. The number of aryl methyl sites for hydroxylation is 1. The molecule has 0 amide bonds. The molecule has 0 aliphatic carbocycles. The number of ether oxygens (including phenoxy) is 1. The lowest BCUT2D eigenvalue weighted by atomic mass is 10.1. The van der Waals surface area contributed by atoms with E-state index in [2.05, 4.69) is 19.9 Å². The molecule has 0 heterocycles. The third kappa shape index (κ3) is 2.26. The molecule has 0 bridgehead atoms. The van der Waals surface area contributed by atoms with Gasteiger partial charge in [-0.2, -0.15) is 0 Å². The summed E-state index contributed by atoms with van der Waals surface area (Å²) in [4.78, 5) is 0. The Morgan fingerprint density at radius 2 is 2.25 bits per heavy atom. The Morgan fingerprint density at radius 1 is 1.42 bits per heavy atom. The lowest BCUT2D eigenvalue weighted by Gasteiger charge is -2.07. The third-order valence-electron chi connectivity index (χ3n) is 1.71. The molecule has 1 aromatic carbocycles. The fourth-order valence-corrected chi connectivity index (χ4v) is 1.08. The van der Waals surface area contributed by atoms with E-state index in [4.69, 9.17) is 4.74 Å². The van der Waals surface area contributed by atoms with Crippen molar-refractivity contribution in [3.8, 4) is 5.75 Å². The number of hydrogen-bond acceptors (Lipinski definition) is 1. The standard InChI is InChI=1S/C11H15O/c1-3-9-12-11-8-6-5-7-10(11)4-2/h5-6,8H,3-4,9H2,1-2H3. The molecule has 1 nitrogen and oxygen atoms in total. The van der Waals surface area contributed by atoms with Gasteiger partial charge in [0.2, 0.25) is 0 Å². The maximum Gasteiger partial charge on any atom is 0.123 e. The van der Waals surface area contributed by atoms with Gasteiger partial charge in [-0.15, -0.1) is 0 Å². The Hall–Kier alpha value is -0.980. The second-order valence-corrected chi connectivity index (χ2v) is 2.71. The van der Waals surface area contributed by atoms with Crippen molar-refractivity contribution in [2.24, 2.45) is 0 Å². The topological polar surface area (TPSA) is 9.23 Å². The highest BCUT2D eigenvalue weighted by Crippen LogP contribution is 2.17. The number of rotatable bonds is 4. The van der Waals surface area contributed by atoms with Crippen molar-refractivity contribution < 1.29 is 4.74 Å². The van der Waals surface area contributed by atoms with Gasteiger partial charge in [-0.1, -0.05) is 26.0 Å². The van der Waals surface area contributed by atoms with Crippen LogP contribution in [0.1, 0.15) is 25.8 Å². The molecule has 0 aliphatic heterocycles. The molecule has 0 spiro atoms. The Balaban J connectivity index is 2.68. The van der Waals surface area contributed by atoms with Gasteiger partial charge in [0, 0.05) is 5.56 Å². The summed E-state index contributed by atoms with van der Waals surface area (Å²) in [5.74, 6) is 0.988. The van der Waals surface area contributed by atoms with Crippen LogP contribution in [-0.2, 0) is 6.42 Å². The maximum atomic E-state index is 5.55. The second-order valence-electron chi connectivity index (χ2n) is 2.71. The molecule has 1 heteroatoms. The Labute approximate surface area is 74.4 Å². The summed E-state index contributed by atoms with van der Waals surface area (Å²) in [6.45, 7) is 5.02. The van der Waals surface area contributed by atoms with Gasteiger partial charge in [0.05, 0.1) is 6.61 Å². The normalized spacial score (nSPS) is 9.83. The van der Waals surface area contributed by atoms with E-state index < -0.39 is 0 Å². The van der Waals surface area contributed by atoms with Gasteiger partial charge in [-0.25, -0.2) is 0 Å². The quantitative estimate of drug-likeness (QED) is 0.663. The first-order chi connectivity index (χ1) is 5.88. The van der Waals surface area contributed by atoms with E-state index in [-0.39, 0.29) is 0 Å². The Kier molecular flexibility index (Phi) is 3.65. The Bertz CT molecular complexity index is 230. The minimum absolute atomic E-state index is 0.796. The third-order valence-corrected chi connectivity index (χ3v) is 1.71. The molecular formula is C11H15O. The fraction of sp³-hybridized carbons (Fsp3) is 0.455. The van der Waals surface area contributed by atoms with Crippen LogP contribution in [0.2, 0.25) is 0 Å². The molecule has 0 aromatic heterocycles. The van der Waals surface area contributed by atoms with Crippen LogP contribution in [0.3, 0.4) is 0 Å². The summed E-state index contributed by atoms with van der Waals surface area (Å²) < 4.78 is 5.55. The summed E-state index contributed by atoms with van der Waals surface area (Å²) in [6, 6.07) is 9.07. The van der Waals surface area contributed by atoms with Crippen LogP contribution in [0, 0.1) is 6.07 Å². The van der Waals surface area contributed by atoms with Gasteiger partial charge in [0.15, 0.2) is 0 Å². The molecule has 1 rings (SSSR count). The van der Waals surface area contributed by atoms with Crippen molar-refractivity contribution in [3.05, 3.63) is 29.8 Å². The molecule has 0 atom stereocenters. The van der Waals surface area contributed by atoms with E-state index in [9.17, 15) is 0 Å². The molecule has 12 heavy (non-hydrogen) atoms. The van der Waals surface area contributed by atoms with Crippen molar-refractivity contribution in [2.75, 3.05) is 6.61 Å². The lowest BCUT2D eigenvalue weighted by molar-refractivity contribution is 0.314. The second kappa shape index (κ2) is 4.81. The first-order valence-electron chi connectivity index (χ1n) is 4.50. The van der Waals surface area contributed by atoms with E-state index in [0.717, 1.165) is 25.2 Å². The van der Waals surface area contributed by atoms with Crippen LogP contribution >= 0.6 is 0 Å². The zero-order valence-corrected chi connectivity index (χ0v) is 7.76. The van der Waals surface area contributed by atoms with Gasteiger partial charge in [-0.3, -0.25) is 0 Å². The molecule has 0 unspecified atom stereocenters. The minimum atomic E-state index is 0.796. The zero-order valence-electron chi connectivity index (χ0n) is 7.76. The fourth-order valence-electron chi connectivity index (χ4n) is 1.08. The molecular weight excluding hydrogens is 148 g/mol. The average molecular weight is 163 g/mol. The average Bonchev–Trinajstić information content (AvgIpc) is 2.15. The molecule has 0 N–H and O–H groups in total. The van der Waals surface area contributed by atoms with Crippen molar-refractivity contribution in [2.45, 2.75) is 26.7 Å². The zero-order chi connectivity index (χ0) is 8.81. The molecule has 1 aromatic rings. The van der Waals surface area contributed by atoms with Crippen molar-refractivity contribution >= 4 is 0 Å². The summed E-state index contributed by atoms with van der Waals surface area (Å²) in [6.07, 6.45) is 2.04. The first-order valence-corrected chi connectivity index (χ1v) is 4.50. The monoisotopic (exact) mass is 163 g/mol. The summed E-state index contributed by atoms with van der Waals surface area (Å²) >= 11 is 0. The molecule has 0 aliphatic rings. The van der Waals surface area contributed by atoms with E-state index in [1.807, 2.05) is 18.2 Å². The highest BCUT2D eigenvalue weighted by molar-refractivity contribution is 5.32. The predicted molar refractivity (Wildman–Crippen MR) is 50.4 cm³/mol. The Morgan fingerprint density at radius 3 is 2.92 bits per heavy atom. The van der Waals surface area contributed by atoms with Gasteiger partial charge in [0.25, 0.3) is 0 Å². The van der Waals surface area contributed by atoms with Crippen LogP contribution in [-0.4, -0.2) is 6.61 Å². The molecule has 0 saturated carbocycles. The van der Waals surface area contributed by atoms with Gasteiger partial charge >= 0.3 is 0 Å². The lowest BCUT2D eigenvalue weighted by Crippen LogP contribution is -1.97. The van der Waals surface area contributed by atoms with Crippen LogP contribution in [0.4, 0.5) is 0 Å². The molecule has 0 saturated heterocycles. The van der Waals surface area contributed by atoms with Gasteiger partial charge < -0.3 is 4.74 Å². The van der Waals surface area contributed by atoms with Crippen LogP contribution in [0.25, 0.3) is 0 Å². The van der Waals surface area contributed by atoms with Crippen LogP contribution in [0.5, 0.6) is 5.75 Å². The van der Waals surface area contributed by atoms with Crippen LogP contribution < -0.4 is 4.74 Å². The summed E-state index contributed by atoms with van der Waals surface area (Å²) in [5, 5.41) is 0. The highest BCUT2D eigenvalue weighted by Gasteiger charge is 1.98. The largest absolute Gasteiger partial charge is 0.493 e. The van der Waals surface area contributed by atoms with Crippen LogP contribution in [0.15, 0.2) is 18.2 Å². The highest BCUT2D eigenvalue weighted by atomic mass is 16.5. The summed E-state index contributed by atoms with van der Waals surface area (Å²) in [7, 11) is 0.